The summed E-state index contributed by atoms with van der Waals surface area (Å²) in [5, 5.41) is 1.93. The molecule has 0 fully saturated rings. The number of rotatable bonds is 4. The lowest BCUT2D eigenvalue weighted by atomic mass is 10.2. The highest BCUT2D eigenvalue weighted by molar-refractivity contribution is 4.64. The fourth-order valence-corrected chi connectivity index (χ4v) is 0.716. The molecule has 3 nitrogen and oxygen atoms in total. The van der Waals surface area contributed by atoms with Crippen LogP contribution in [-0.2, 0) is 4.74 Å². The molecule has 0 heterocycles. The minimum absolute atomic E-state index is 0.252. The molecule has 2 atom stereocenters. The molecule has 0 amide bonds. The van der Waals surface area contributed by atoms with Crippen LogP contribution in [0.25, 0.3) is 0 Å². The fourth-order valence-electron chi connectivity index (χ4n) is 0.716. The Balaban J connectivity index is 3.50. The molecule has 0 bridgehead atoms. The van der Waals surface area contributed by atoms with E-state index in [4.69, 9.17) is 4.74 Å². The summed E-state index contributed by atoms with van der Waals surface area (Å²) in [6.07, 6.45) is 0.252. The van der Waals surface area contributed by atoms with E-state index in [1.165, 1.54) is 0 Å². The maximum absolute atomic E-state index is 5.12. The molecule has 0 aromatic carbocycles. The van der Waals surface area contributed by atoms with Gasteiger partial charge in [-0.05, 0) is 13.8 Å². The third-order valence-electron chi connectivity index (χ3n) is 1.54. The standard InChI is InChI=1S/C7H18N2O/c1-6(7(2)10-5)8-9(3)4/h6-8H,1-5H3. The quantitative estimate of drug-likeness (QED) is 0.584. The van der Waals surface area contributed by atoms with E-state index in [1.54, 1.807) is 7.11 Å². The van der Waals surface area contributed by atoms with Gasteiger partial charge < -0.3 is 4.74 Å². The molecule has 0 aromatic heterocycles. The highest BCUT2D eigenvalue weighted by Crippen LogP contribution is 1.95. The van der Waals surface area contributed by atoms with Gasteiger partial charge in [0.05, 0.1) is 6.10 Å². The summed E-state index contributed by atoms with van der Waals surface area (Å²) in [6.45, 7) is 4.13. The molecule has 0 saturated carbocycles. The number of nitrogens with one attached hydrogen (secondary N) is 1. The Hall–Kier alpha value is -0.120. The maximum Gasteiger partial charge on any atom is 0.0707 e. The second kappa shape index (κ2) is 4.66. The molecular weight excluding hydrogens is 128 g/mol. The van der Waals surface area contributed by atoms with Crippen molar-refractivity contribution >= 4 is 0 Å². The van der Waals surface area contributed by atoms with Crippen LogP contribution in [0.15, 0.2) is 0 Å². The molecule has 10 heavy (non-hydrogen) atoms. The van der Waals surface area contributed by atoms with E-state index in [1.807, 2.05) is 26.0 Å². The van der Waals surface area contributed by atoms with Gasteiger partial charge in [0.25, 0.3) is 0 Å². The SMILES string of the molecule is COC(C)C(C)NN(C)C. The maximum atomic E-state index is 5.12. The fraction of sp³-hybridized carbons (Fsp3) is 1.00. The zero-order valence-electron chi connectivity index (χ0n) is 7.51. The zero-order valence-corrected chi connectivity index (χ0v) is 7.51. The second-order valence-electron chi connectivity index (χ2n) is 2.75. The van der Waals surface area contributed by atoms with Crippen LogP contribution < -0.4 is 5.43 Å². The first-order valence-electron chi connectivity index (χ1n) is 3.54. The van der Waals surface area contributed by atoms with Crippen molar-refractivity contribution in [1.82, 2.24) is 10.4 Å². The minimum Gasteiger partial charge on any atom is -0.380 e. The number of hydrazine groups is 1. The van der Waals surface area contributed by atoms with Gasteiger partial charge in [-0.25, -0.2) is 0 Å². The van der Waals surface area contributed by atoms with Crippen molar-refractivity contribution in [3.63, 3.8) is 0 Å². The van der Waals surface area contributed by atoms with Gasteiger partial charge >= 0.3 is 0 Å². The minimum atomic E-state index is 0.252. The normalized spacial score (nSPS) is 17.4. The van der Waals surface area contributed by atoms with Crippen molar-refractivity contribution in [3.05, 3.63) is 0 Å². The van der Waals surface area contributed by atoms with E-state index in [-0.39, 0.29) is 6.10 Å². The Morgan fingerprint density at radius 1 is 1.30 bits per heavy atom. The van der Waals surface area contributed by atoms with Crippen LogP contribution in [0.1, 0.15) is 13.8 Å². The van der Waals surface area contributed by atoms with Crippen LogP contribution in [0.5, 0.6) is 0 Å². The summed E-state index contributed by atoms with van der Waals surface area (Å²) in [4.78, 5) is 0. The van der Waals surface area contributed by atoms with Crippen molar-refractivity contribution in [3.8, 4) is 0 Å². The Labute approximate surface area is 63.3 Å². The van der Waals surface area contributed by atoms with Crippen LogP contribution in [0, 0.1) is 0 Å². The van der Waals surface area contributed by atoms with Gasteiger partial charge in [0, 0.05) is 27.2 Å². The molecule has 0 aliphatic heterocycles. The van der Waals surface area contributed by atoms with Crippen molar-refractivity contribution in [2.75, 3.05) is 21.2 Å². The lowest BCUT2D eigenvalue weighted by Gasteiger charge is -2.23. The molecule has 0 rings (SSSR count). The molecular formula is C7H18N2O. The van der Waals surface area contributed by atoms with Crippen LogP contribution >= 0.6 is 0 Å². The lowest BCUT2D eigenvalue weighted by molar-refractivity contribution is 0.0632. The third-order valence-corrected chi connectivity index (χ3v) is 1.54. The average molecular weight is 146 g/mol. The van der Waals surface area contributed by atoms with Crippen LogP contribution in [0.3, 0.4) is 0 Å². The van der Waals surface area contributed by atoms with E-state index < -0.39 is 0 Å². The third kappa shape index (κ3) is 3.82. The molecule has 1 N–H and O–H groups in total. The van der Waals surface area contributed by atoms with Gasteiger partial charge in [-0.1, -0.05) is 0 Å². The van der Waals surface area contributed by atoms with E-state index in [2.05, 4.69) is 12.3 Å². The van der Waals surface area contributed by atoms with Crippen molar-refractivity contribution in [2.24, 2.45) is 0 Å². The number of methoxy groups -OCH3 is 1. The molecule has 0 saturated heterocycles. The zero-order chi connectivity index (χ0) is 8.15. The molecule has 0 radical (unpaired) electrons. The second-order valence-corrected chi connectivity index (χ2v) is 2.75. The van der Waals surface area contributed by atoms with Gasteiger partial charge in [0.1, 0.15) is 0 Å². The number of ether oxygens (including phenoxy) is 1. The molecule has 2 unspecified atom stereocenters. The Kier molecular flexibility index (Phi) is 4.60. The predicted octanol–water partition coefficient (Wildman–Crippen LogP) is 0.476. The molecule has 3 heteroatoms. The van der Waals surface area contributed by atoms with Crippen molar-refractivity contribution in [2.45, 2.75) is 26.0 Å². The highest BCUT2D eigenvalue weighted by Gasteiger charge is 2.09. The van der Waals surface area contributed by atoms with E-state index in [0.29, 0.717) is 6.04 Å². The largest absolute Gasteiger partial charge is 0.380 e. The number of hydrogen-bond acceptors (Lipinski definition) is 3. The van der Waals surface area contributed by atoms with E-state index in [9.17, 15) is 0 Å². The molecule has 0 aromatic rings. The Morgan fingerprint density at radius 3 is 2.10 bits per heavy atom. The summed E-state index contributed by atoms with van der Waals surface area (Å²) in [6, 6.07) is 0.361. The average Bonchev–Trinajstić information content (AvgIpc) is 1.85. The van der Waals surface area contributed by atoms with Crippen molar-refractivity contribution in [1.29, 1.82) is 0 Å². The van der Waals surface area contributed by atoms with Crippen LogP contribution in [-0.4, -0.2) is 38.4 Å². The first-order valence-corrected chi connectivity index (χ1v) is 3.54. The summed E-state index contributed by atoms with van der Waals surface area (Å²) < 4.78 is 5.12. The van der Waals surface area contributed by atoms with E-state index >= 15 is 0 Å². The van der Waals surface area contributed by atoms with Gasteiger partial charge in [-0.15, -0.1) is 0 Å². The monoisotopic (exact) mass is 146 g/mol. The van der Waals surface area contributed by atoms with Crippen LogP contribution in [0.4, 0.5) is 0 Å². The number of hydrogen-bond donors (Lipinski definition) is 1. The highest BCUT2D eigenvalue weighted by atomic mass is 16.5. The summed E-state index contributed by atoms with van der Waals surface area (Å²) >= 11 is 0. The predicted molar refractivity (Wildman–Crippen MR) is 42.8 cm³/mol. The topological polar surface area (TPSA) is 24.5 Å². The van der Waals surface area contributed by atoms with Gasteiger partial charge in [-0.2, -0.15) is 0 Å². The molecule has 0 spiro atoms. The first-order chi connectivity index (χ1) is 4.57. The molecule has 0 aliphatic rings. The van der Waals surface area contributed by atoms with Gasteiger partial charge in [0.2, 0.25) is 0 Å². The summed E-state index contributed by atoms with van der Waals surface area (Å²) in [7, 11) is 5.66. The van der Waals surface area contributed by atoms with Crippen molar-refractivity contribution < 1.29 is 4.74 Å². The molecule has 0 aliphatic carbocycles. The lowest BCUT2D eigenvalue weighted by Crippen LogP contribution is -2.44. The Morgan fingerprint density at radius 2 is 1.80 bits per heavy atom. The van der Waals surface area contributed by atoms with Gasteiger partial charge in [0.15, 0.2) is 0 Å². The van der Waals surface area contributed by atoms with Gasteiger partial charge in [-0.3, -0.25) is 10.4 Å². The summed E-state index contributed by atoms with van der Waals surface area (Å²) in [5.41, 5.74) is 3.20. The van der Waals surface area contributed by atoms with Crippen LogP contribution in [0.2, 0.25) is 0 Å². The Bertz CT molecular complexity index is 85.7. The smallest absolute Gasteiger partial charge is 0.0707 e. The van der Waals surface area contributed by atoms with E-state index in [0.717, 1.165) is 0 Å². The molecule has 62 valence electrons. The first kappa shape index (κ1) is 9.88. The number of nitrogens with zero attached hydrogens (tertiary/aromatic N) is 1. The summed E-state index contributed by atoms with van der Waals surface area (Å²) in [5.74, 6) is 0.